The zero-order chi connectivity index (χ0) is 20.5. The Kier molecular flexibility index (Phi) is 5.17. The van der Waals surface area contributed by atoms with Crippen molar-refractivity contribution in [2.75, 3.05) is 0 Å². The van der Waals surface area contributed by atoms with Crippen molar-refractivity contribution in [2.24, 2.45) is 0 Å². The van der Waals surface area contributed by atoms with E-state index in [4.69, 9.17) is 4.42 Å². The van der Waals surface area contributed by atoms with E-state index in [0.717, 1.165) is 32.6 Å². The van der Waals surface area contributed by atoms with E-state index < -0.39 is 6.10 Å². The third-order valence-electron chi connectivity index (χ3n) is 4.83. The lowest BCUT2D eigenvalue weighted by atomic mass is 10.1. The summed E-state index contributed by atoms with van der Waals surface area (Å²) in [5.41, 5.74) is 3.53. The van der Waals surface area contributed by atoms with Crippen LogP contribution in [0.3, 0.4) is 0 Å². The first-order valence-electron chi connectivity index (χ1n) is 9.30. The smallest absolute Gasteiger partial charge is 0.261 e. The molecule has 0 aliphatic rings. The van der Waals surface area contributed by atoms with Gasteiger partial charge in [-0.25, -0.2) is 9.97 Å². The van der Waals surface area contributed by atoms with Crippen molar-refractivity contribution in [3.8, 4) is 11.6 Å². The average Bonchev–Trinajstić information content (AvgIpc) is 3.35. The number of aliphatic hydroxyl groups excluding tert-OH is 1. The largest absolute Gasteiger partial charge is 0.461 e. The van der Waals surface area contributed by atoms with Crippen molar-refractivity contribution < 1.29 is 14.3 Å². The Morgan fingerprint density at radius 1 is 1.21 bits per heavy atom. The summed E-state index contributed by atoms with van der Waals surface area (Å²) < 4.78 is 5.40. The van der Waals surface area contributed by atoms with Crippen LogP contribution in [0.15, 0.2) is 47.1 Å². The van der Waals surface area contributed by atoms with Gasteiger partial charge in [-0.15, -0.1) is 11.3 Å². The molecule has 0 bridgehead atoms. The molecule has 4 rings (SSSR count). The molecule has 0 fully saturated rings. The first-order valence-corrected chi connectivity index (χ1v) is 10.1. The molecule has 3 heterocycles. The maximum atomic E-state index is 12.8. The lowest BCUT2D eigenvalue weighted by molar-refractivity contribution is 0.0954. The van der Waals surface area contributed by atoms with E-state index in [2.05, 4.69) is 15.3 Å². The zero-order valence-electron chi connectivity index (χ0n) is 16.4. The molecule has 29 heavy (non-hydrogen) atoms. The summed E-state index contributed by atoms with van der Waals surface area (Å²) in [7, 11) is 0. The molecule has 0 spiro atoms. The van der Waals surface area contributed by atoms with Crippen LogP contribution in [0.1, 0.15) is 45.1 Å². The molecule has 0 saturated heterocycles. The third-order valence-corrected chi connectivity index (χ3v) is 6.02. The Labute approximate surface area is 172 Å². The van der Waals surface area contributed by atoms with Crippen molar-refractivity contribution in [1.82, 2.24) is 15.3 Å². The molecule has 6 nitrogen and oxygen atoms in total. The number of nitrogens with one attached hydrogen (secondary N) is 1. The number of benzene rings is 1. The SMILES string of the molecule is Cc1nc(-c2ccco2)nc2sc(C(=O)NCc3ccc([C@H](C)O)cc3)c(C)c12. The highest BCUT2D eigenvalue weighted by molar-refractivity contribution is 7.20. The van der Waals surface area contributed by atoms with Crippen LogP contribution in [0.4, 0.5) is 0 Å². The fourth-order valence-corrected chi connectivity index (χ4v) is 4.40. The number of fused-ring (bicyclic) bond motifs is 1. The Bertz CT molecular complexity index is 1160. The molecule has 1 aromatic carbocycles. The van der Waals surface area contributed by atoms with Gasteiger partial charge in [-0.2, -0.15) is 0 Å². The predicted octanol–water partition coefficient (Wildman–Crippen LogP) is 4.55. The first-order chi connectivity index (χ1) is 13.9. The van der Waals surface area contributed by atoms with Crippen molar-refractivity contribution >= 4 is 27.5 Å². The second-order valence-electron chi connectivity index (χ2n) is 6.95. The van der Waals surface area contributed by atoms with Crippen molar-refractivity contribution in [3.63, 3.8) is 0 Å². The van der Waals surface area contributed by atoms with E-state index in [9.17, 15) is 9.90 Å². The normalized spacial score (nSPS) is 12.3. The van der Waals surface area contributed by atoms with E-state index >= 15 is 0 Å². The van der Waals surface area contributed by atoms with Crippen LogP contribution in [0, 0.1) is 13.8 Å². The van der Waals surface area contributed by atoms with Gasteiger partial charge < -0.3 is 14.8 Å². The van der Waals surface area contributed by atoms with Gasteiger partial charge in [0.25, 0.3) is 5.91 Å². The molecule has 1 atom stereocenters. The molecule has 4 aromatic rings. The molecule has 148 valence electrons. The van der Waals surface area contributed by atoms with Crippen LogP contribution in [0.2, 0.25) is 0 Å². The van der Waals surface area contributed by atoms with Crippen molar-refractivity contribution in [1.29, 1.82) is 0 Å². The highest BCUT2D eigenvalue weighted by Gasteiger charge is 2.20. The average molecular weight is 407 g/mol. The molecule has 1 amide bonds. The number of carbonyl (C=O) groups is 1. The second-order valence-corrected chi connectivity index (χ2v) is 7.95. The number of hydrogen-bond acceptors (Lipinski definition) is 6. The van der Waals surface area contributed by atoms with Crippen LogP contribution in [-0.2, 0) is 6.54 Å². The van der Waals surface area contributed by atoms with Gasteiger partial charge in [-0.05, 0) is 49.6 Å². The van der Waals surface area contributed by atoms with Gasteiger partial charge in [0.1, 0.15) is 4.83 Å². The maximum absolute atomic E-state index is 12.8. The molecule has 3 aromatic heterocycles. The lowest BCUT2D eigenvalue weighted by Crippen LogP contribution is -2.22. The van der Waals surface area contributed by atoms with Gasteiger partial charge in [-0.1, -0.05) is 24.3 Å². The predicted molar refractivity (Wildman–Crippen MR) is 113 cm³/mol. The highest BCUT2D eigenvalue weighted by atomic mass is 32.1. The molecule has 0 aliphatic heterocycles. The summed E-state index contributed by atoms with van der Waals surface area (Å²) in [6, 6.07) is 11.2. The van der Waals surface area contributed by atoms with Crippen LogP contribution in [0.25, 0.3) is 21.8 Å². The Morgan fingerprint density at radius 2 is 1.97 bits per heavy atom. The van der Waals surface area contributed by atoms with Crippen LogP contribution < -0.4 is 5.32 Å². The number of hydrogen-bond donors (Lipinski definition) is 2. The maximum Gasteiger partial charge on any atom is 0.261 e. The monoisotopic (exact) mass is 407 g/mol. The lowest BCUT2D eigenvalue weighted by Gasteiger charge is -2.08. The number of furan rings is 1. The molecule has 2 N–H and O–H groups in total. The van der Waals surface area contributed by atoms with E-state index in [1.54, 1.807) is 19.3 Å². The number of carbonyl (C=O) groups excluding carboxylic acids is 1. The van der Waals surface area contributed by atoms with Gasteiger partial charge in [0.15, 0.2) is 11.6 Å². The Morgan fingerprint density at radius 3 is 2.62 bits per heavy atom. The summed E-state index contributed by atoms with van der Waals surface area (Å²) in [5.74, 6) is 0.989. The third kappa shape index (κ3) is 3.79. The highest BCUT2D eigenvalue weighted by Crippen LogP contribution is 2.33. The van der Waals surface area contributed by atoms with Gasteiger partial charge in [0, 0.05) is 11.9 Å². The van der Waals surface area contributed by atoms with Crippen molar-refractivity contribution in [2.45, 2.75) is 33.4 Å². The molecule has 0 aliphatic carbocycles. The minimum atomic E-state index is -0.504. The Balaban J connectivity index is 1.57. The molecular formula is C22H21N3O3S. The van der Waals surface area contributed by atoms with Gasteiger partial charge >= 0.3 is 0 Å². The van der Waals surface area contributed by atoms with Crippen LogP contribution in [0.5, 0.6) is 0 Å². The number of aliphatic hydroxyl groups is 1. The van der Waals surface area contributed by atoms with E-state index in [1.807, 2.05) is 44.2 Å². The summed E-state index contributed by atoms with van der Waals surface area (Å²) >= 11 is 1.36. The number of aromatic nitrogens is 2. The van der Waals surface area contributed by atoms with Crippen molar-refractivity contribution in [3.05, 3.63) is 69.9 Å². The minimum Gasteiger partial charge on any atom is -0.461 e. The number of rotatable bonds is 5. The number of thiophene rings is 1. The topological polar surface area (TPSA) is 88.2 Å². The molecule has 0 radical (unpaired) electrons. The van der Waals surface area contributed by atoms with E-state index in [0.29, 0.717) is 23.0 Å². The molecular weight excluding hydrogens is 386 g/mol. The second kappa shape index (κ2) is 7.77. The fourth-order valence-electron chi connectivity index (χ4n) is 3.25. The summed E-state index contributed by atoms with van der Waals surface area (Å²) in [5, 5.41) is 13.5. The van der Waals surface area contributed by atoms with E-state index in [-0.39, 0.29) is 5.91 Å². The standard InChI is InChI=1S/C22H21N3O3S/c1-12-18-13(2)24-20(17-5-4-10-28-17)25-22(18)29-19(12)21(27)23-11-15-6-8-16(9-7-15)14(3)26/h4-10,14,26H,11H2,1-3H3,(H,23,27)/t14-/m0/s1. The van der Waals surface area contributed by atoms with Crippen LogP contribution >= 0.6 is 11.3 Å². The summed E-state index contributed by atoms with van der Waals surface area (Å²) in [6.45, 7) is 5.98. The fraction of sp³-hybridized carbons (Fsp3) is 0.227. The van der Waals surface area contributed by atoms with Gasteiger partial charge in [0.05, 0.1) is 22.9 Å². The molecule has 0 saturated carbocycles. The number of nitrogens with zero attached hydrogens (tertiary/aromatic N) is 2. The first kappa shape index (κ1) is 19.3. The Hall–Kier alpha value is -3.03. The van der Waals surface area contributed by atoms with Crippen LogP contribution in [-0.4, -0.2) is 21.0 Å². The van der Waals surface area contributed by atoms with E-state index in [1.165, 1.54) is 11.3 Å². The minimum absolute atomic E-state index is 0.135. The number of aryl methyl sites for hydroxylation is 2. The zero-order valence-corrected chi connectivity index (χ0v) is 17.2. The van der Waals surface area contributed by atoms with Gasteiger partial charge in [0.2, 0.25) is 0 Å². The summed E-state index contributed by atoms with van der Waals surface area (Å²) in [4.78, 5) is 23.3. The van der Waals surface area contributed by atoms with Gasteiger partial charge in [-0.3, -0.25) is 4.79 Å². The molecule has 0 unspecified atom stereocenters. The summed E-state index contributed by atoms with van der Waals surface area (Å²) in [6.07, 6.45) is 1.08. The number of amides is 1. The quantitative estimate of drug-likeness (QED) is 0.507. The molecule has 7 heteroatoms.